The van der Waals surface area contributed by atoms with Gasteiger partial charge in [0.25, 0.3) is 0 Å². The number of aliphatic imine (C=N–C) groups is 1. The highest BCUT2D eigenvalue weighted by atomic mass is 15.5. The minimum Gasteiger partial charge on any atom is -0.326 e. The molecule has 1 aromatic carbocycles. The summed E-state index contributed by atoms with van der Waals surface area (Å²) in [6, 6.07) is 12.4. The number of hydrogen-bond donors (Lipinski definition) is 2. The van der Waals surface area contributed by atoms with Crippen molar-refractivity contribution in [3.8, 4) is 6.19 Å². The van der Waals surface area contributed by atoms with E-state index < -0.39 is 0 Å². The van der Waals surface area contributed by atoms with Gasteiger partial charge in [0.1, 0.15) is 6.33 Å². The number of nitrogens with zero attached hydrogens (tertiary/aromatic N) is 7. The Bertz CT molecular complexity index is 1110. The first-order valence-corrected chi connectivity index (χ1v) is 11.2. The predicted octanol–water partition coefficient (Wildman–Crippen LogP) is 3.76. The lowest BCUT2D eigenvalue weighted by molar-refractivity contribution is 0.563. The second-order valence-electron chi connectivity index (χ2n) is 7.93. The van der Waals surface area contributed by atoms with Crippen LogP contribution in [0.5, 0.6) is 0 Å². The number of hydrogen-bond acceptors (Lipinski definition) is 6. The average Bonchev–Trinajstić information content (AvgIpc) is 3.55. The van der Waals surface area contributed by atoms with E-state index in [9.17, 15) is 0 Å². The maximum absolute atomic E-state index is 9.16. The van der Waals surface area contributed by atoms with Gasteiger partial charge in [-0.1, -0.05) is 37.1 Å². The molecule has 9 heteroatoms. The minimum absolute atomic E-state index is 0.266. The van der Waals surface area contributed by atoms with Crippen molar-refractivity contribution in [2.45, 2.75) is 51.1 Å². The molecule has 2 aromatic heterocycles. The molecule has 168 valence electrons. The Morgan fingerprint density at radius 3 is 2.85 bits per heavy atom. The van der Waals surface area contributed by atoms with Crippen molar-refractivity contribution in [2.75, 3.05) is 5.32 Å². The van der Waals surface area contributed by atoms with Gasteiger partial charge in [0.15, 0.2) is 6.19 Å². The summed E-state index contributed by atoms with van der Waals surface area (Å²) in [5.74, 6) is 0.495. The second-order valence-corrected chi connectivity index (χ2v) is 7.93. The molecule has 0 spiro atoms. The fourth-order valence-electron chi connectivity index (χ4n) is 3.97. The van der Waals surface area contributed by atoms with Gasteiger partial charge in [-0.15, -0.1) is 5.10 Å². The molecule has 0 radical (unpaired) electrons. The van der Waals surface area contributed by atoms with Crippen LogP contribution in [0.25, 0.3) is 5.57 Å². The molecular formula is C24H27N9. The normalized spacial score (nSPS) is 14.8. The van der Waals surface area contributed by atoms with Crippen LogP contribution in [0.2, 0.25) is 0 Å². The van der Waals surface area contributed by atoms with E-state index in [1.54, 1.807) is 17.2 Å². The summed E-state index contributed by atoms with van der Waals surface area (Å²) < 4.78 is 1.73. The average molecular weight is 442 g/mol. The molecule has 33 heavy (non-hydrogen) atoms. The Kier molecular flexibility index (Phi) is 7.74. The van der Waals surface area contributed by atoms with E-state index in [2.05, 4.69) is 55.4 Å². The number of nitrogens with one attached hydrogen (secondary N) is 2. The number of benzene rings is 1. The SMILES string of the molecule is N#CNC(=NC1CCCC1)Nc1cccc(/C(=C\CCCn2cnnn2)c2cccnc2)c1. The van der Waals surface area contributed by atoms with Crippen LogP contribution in [0.1, 0.15) is 49.7 Å². The van der Waals surface area contributed by atoms with Crippen molar-refractivity contribution in [1.29, 1.82) is 5.26 Å². The van der Waals surface area contributed by atoms with Gasteiger partial charge in [-0.2, -0.15) is 5.26 Å². The number of anilines is 1. The quantitative estimate of drug-likeness (QED) is 0.180. The number of aromatic nitrogens is 5. The summed E-state index contributed by atoms with van der Waals surface area (Å²) in [6.07, 6.45) is 15.8. The first kappa shape index (κ1) is 22.1. The monoisotopic (exact) mass is 441 g/mol. The van der Waals surface area contributed by atoms with Crippen LogP contribution in [0.4, 0.5) is 5.69 Å². The van der Waals surface area contributed by atoms with Gasteiger partial charge in [0, 0.05) is 30.2 Å². The number of aryl methyl sites for hydroxylation is 1. The van der Waals surface area contributed by atoms with E-state index in [1.807, 2.05) is 30.6 Å². The summed E-state index contributed by atoms with van der Waals surface area (Å²) in [6.45, 7) is 0.756. The molecule has 9 nitrogen and oxygen atoms in total. The molecule has 0 atom stereocenters. The summed E-state index contributed by atoms with van der Waals surface area (Å²) in [5, 5.41) is 26.4. The van der Waals surface area contributed by atoms with Crippen molar-refractivity contribution in [1.82, 2.24) is 30.5 Å². The maximum Gasteiger partial charge on any atom is 0.209 e. The molecule has 1 aliphatic carbocycles. The number of rotatable bonds is 8. The minimum atomic E-state index is 0.266. The molecule has 1 aliphatic rings. The van der Waals surface area contributed by atoms with Gasteiger partial charge in [-0.25, -0.2) is 9.67 Å². The Balaban J connectivity index is 1.53. The molecule has 0 unspecified atom stereocenters. The number of nitriles is 1. The largest absolute Gasteiger partial charge is 0.326 e. The molecule has 2 N–H and O–H groups in total. The molecule has 3 aromatic rings. The fourth-order valence-corrected chi connectivity index (χ4v) is 3.97. The highest BCUT2D eigenvalue weighted by molar-refractivity contribution is 5.95. The van der Waals surface area contributed by atoms with Gasteiger partial charge in [-0.3, -0.25) is 10.3 Å². The van der Waals surface area contributed by atoms with E-state index >= 15 is 0 Å². The predicted molar refractivity (Wildman–Crippen MR) is 127 cm³/mol. The first-order valence-electron chi connectivity index (χ1n) is 11.2. The van der Waals surface area contributed by atoms with Crippen LogP contribution in [0, 0.1) is 11.5 Å². The van der Waals surface area contributed by atoms with E-state index in [0.717, 1.165) is 54.6 Å². The van der Waals surface area contributed by atoms with Crippen molar-refractivity contribution < 1.29 is 0 Å². The zero-order valence-electron chi connectivity index (χ0n) is 18.4. The number of guanidine groups is 1. The van der Waals surface area contributed by atoms with Gasteiger partial charge in [-0.05, 0) is 65.4 Å². The third kappa shape index (κ3) is 6.46. The van der Waals surface area contributed by atoms with E-state index in [0.29, 0.717) is 5.96 Å². The summed E-state index contributed by atoms with van der Waals surface area (Å²) in [4.78, 5) is 9.01. The van der Waals surface area contributed by atoms with E-state index in [4.69, 9.17) is 10.3 Å². The summed E-state index contributed by atoms with van der Waals surface area (Å²) >= 11 is 0. The third-order valence-corrected chi connectivity index (χ3v) is 5.55. The molecule has 4 rings (SSSR count). The van der Waals surface area contributed by atoms with Crippen LogP contribution in [0.15, 0.2) is 66.2 Å². The Morgan fingerprint density at radius 1 is 1.21 bits per heavy atom. The van der Waals surface area contributed by atoms with E-state index in [1.165, 1.54) is 12.8 Å². The molecule has 0 amide bonds. The van der Waals surface area contributed by atoms with E-state index in [-0.39, 0.29) is 6.04 Å². The Hall–Kier alpha value is -4.06. The second kappa shape index (κ2) is 11.5. The smallest absolute Gasteiger partial charge is 0.209 e. The van der Waals surface area contributed by atoms with Crippen LogP contribution >= 0.6 is 0 Å². The summed E-state index contributed by atoms with van der Waals surface area (Å²) in [7, 11) is 0. The zero-order chi connectivity index (χ0) is 22.7. The van der Waals surface area contributed by atoms with Crippen LogP contribution in [0.3, 0.4) is 0 Å². The van der Waals surface area contributed by atoms with Gasteiger partial charge in [0.05, 0.1) is 6.04 Å². The van der Waals surface area contributed by atoms with Crippen molar-refractivity contribution in [3.63, 3.8) is 0 Å². The lowest BCUT2D eigenvalue weighted by Crippen LogP contribution is -2.28. The molecule has 1 saturated carbocycles. The number of allylic oxidation sites excluding steroid dienone is 1. The van der Waals surface area contributed by atoms with Gasteiger partial charge >= 0.3 is 0 Å². The lowest BCUT2D eigenvalue weighted by atomic mass is 9.97. The molecule has 0 aliphatic heterocycles. The number of pyridine rings is 1. The molecular weight excluding hydrogens is 414 g/mol. The summed E-state index contributed by atoms with van der Waals surface area (Å²) in [5.41, 5.74) is 4.08. The Labute approximate surface area is 193 Å². The first-order chi connectivity index (χ1) is 16.3. The van der Waals surface area contributed by atoms with Crippen molar-refractivity contribution >= 4 is 17.2 Å². The topological polar surface area (TPSA) is 117 Å². The Morgan fingerprint density at radius 2 is 2.09 bits per heavy atom. The molecule has 1 fully saturated rings. The van der Waals surface area contributed by atoms with Crippen LogP contribution in [-0.2, 0) is 6.54 Å². The highest BCUT2D eigenvalue weighted by Crippen LogP contribution is 2.26. The third-order valence-electron chi connectivity index (χ3n) is 5.55. The highest BCUT2D eigenvalue weighted by Gasteiger charge is 2.15. The maximum atomic E-state index is 9.16. The van der Waals surface area contributed by atoms with Crippen molar-refractivity contribution in [2.24, 2.45) is 4.99 Å². The van der Waals surface area contributed by atoms with Crippen LogP contribution < -0.4 is 10.6 Å². The standard InChI is InChI=1S/C24H27N9/c25-17-27-24(29-21-9-1-2-10-21)30-22-11-5-7-19(15-22)23(20-8-6-13-26-16-20)12-3-4-14-33-18-28-31-32-33/h5-8,11-13,15-16,18,21H,1-4,9-10,14H2,(H2,27,29,30)/b23-12+. The number of unbranched alkanes of at least 4 members (excludes halogenated alkanes) is 1. The molecule has 0 bridgehead atoms. The molecule has 0 saturated heterocycles. The van der Waals surface area contributed by atoms with Crippen LogP contribution in [-0.4, -0.2) is 37.2 Å². The van der Waals surface area contributed by atoms with Gasteiger partial charge < -0.3 is 5.32 Å². The lowest BCUT2D eigenvalue weighted by Gasteiger charge is -2.13. The van der Waals surface area contributed by atoms with Crippen molar-refractivity contribution in [3.05, 3.63) is 72.3 Å². The zero-order valence-corrected chi connectivity index (χ0v) is 18.4. The number of tetrazole rings is 1. The van der Waals surface area contributed by atoms with Gasteiger partial charge in [0.2, 0.25) is 5.96 Å². The molecule has 2 heterocycles. The fraction of sp³-hybridized carbons (Fsp3) is 0.333.